The molecule has 0 radical (unpaired) electrons. The zero-order chi connectivity index (χ0) is 11.8. The summed E-state index contributed by atoms with van der Waals surface area (Å²) in [6, 6.07) is 0. The van der Waals surface area contributed by atoms with Crippen molar-refractivity contribution >= 4 is 11.1 Å². The Morgan fingerprint density at radius 3 is 2.53 bits per heavy atom. The van der Waals surface area contributed by atoms with Gasteiger partial charge in [0, 0.05) is 11.9 Å². The van der Waals surface area contributed by atoms with E-state index in [0.717, 1.165) is 0 Å². The molecule has 0 aliphatic rings. The van der Waals surface area contributed by atoms with E-state index in [4.69, 9.17) is 5.11 Å². The van der Waals surface area contributed by atoms with Gasteiger partial charge in [-0.05, 0) is 31.1 Å². The maximum absolute atomic E-state index is 11.1. The van der Waals surface area contributed by atoms with E-state index in [2.05, 4.69) is 6.58 Å². The smallest absolute Gasteiger partial charge is 0.0433 e. The zero-order valence-electron chi connectivity index (χ0n) is 9.52. The summed E-state index contributed by atoms with van der Waals surface area (Å²) in [4.78, 5) is 0. The molecule has 0 amide bonds. The lowest BCUT2D eigenvalue weighted by Crippen LogP contribution is -2.26. The summed E-state index contributed by atoms with van der Waals surface area (Å²) in [6.45, 7) is 7.63. The number of hydrogen-bond acceptors (Lipinski definition) is 3. The maximum atomic E-state index is 11.1. The number of allylic oxidation sites excluding steroid dienone is 1. The minimum absolute atomic E-state index is 0.0991. The van der Waals surface area contributed by atoms with Gasteiger partial charge in [0.05, 0.1) is 0 Å². The Hall–Kier alpha value is -0.190. The summed E-state index contributed by atoms with van der Waals surface area (Å²) < 4.78 is 22.1. The van der Waals surface area contributed by atoms with Crippen LogP contribution in [0.4, 0.5) is 0 Å². The molecule has 0 aliphatic carbocycles. The van der Waals surface area contributed by atoms with E-state index in [1.54, 1.807) is 6.08 Å². The van der Waals surface area contributed by atoms with Gasteiger partial charge in [-0.1, -0.05) is 31.0 Å². The van der Waals surface area contributed by atoms with Gasteiger partial charge in [-0.3, -0.25) is 4.21 Å². The quantitative estimate of drug-likeness (QED) is 0.514. The predicted octanol–water partition coefficient (Wildman–Crippen LogP) is 1.85. The number of aliphatic hydroxyl groups excluding tert-OH is 1. The van der Waals surface area contributed by atoms with E-state index < -0.39 is 11.1 Å². The van der Waals surface area contributed by atoms with E-state index >= 15 is 0 Å². The molecule has 4 atom stereocenters. The first-order valence-corrected chi connectivity index (χ1v) is 6.46. The zero-order valence-corrected chi connectivity index (χ0v) is 10.3. The molecule has 0 bridgehead atoms. The minimum atomic E-state index is -2.04. The lowest BCUT2D eigenvalue weighted by molar-refractivity contribution is 0.253. The Morgan fingerprint density at radius 1 is 1.53 bits per heavy atom. The fraction of sp³-hybridized carbons (Fsp3) is 0.818. The molecule has 0 aromatic heterocycles. The number of hydrogen-bond donors (Lipinski definition) is 1. The van der Waals surface area contributed by atoms with Crippen molar-refractivity contribution in [2.75, 3.05) is 6.61 Å². The third-order valence-electron chi connectivity index (χ3n) is 2.68. The highest BCUT2D eigenvalue weighted by Crippen LogP contribution is 2.22. The maximum Gasteiger partial charge on any atom is 0.0433 e. The second-order valence-corrected chi connectivity index (χ2v) is 5.28. The average Bonchev–Trinajstić information content (AvgIpc) is 2.14. The van der Waals surface area contributed by atoms with Crippen molar-refractivity contribution in [1.82, 2.24) is 0 Å². The highest BCUT2D eigenvalue weighted by Gasteiger charge is 2.19. The van der Waals surface area contributed by atoms with Crippen LogP contribution in [-0.2, 0) is 11.1 Å². The first kappa shape index (κ1) is 14.8. The molecular formula is C11H21O3S-. The molecule has 3 nitrogen and oxygen atoms in total. The van der Waals surface area contributed by atoms with Crippen LogP contribution in [0.5, 0.6) is 0 Å². The highest BCUT2D eigenvalue weighted by molar-refractivity contribution is 7.79. The van der Waals surface area contributed by atoms with Crippen LogP contribution in [-0.4, -0.2) is 25.7 Å². The van der Waals surface area contributed by atoms with Gasteiger partial charge < -0.3 is 9.66 Å². The van der Waals surface area contributed by atoms with E-state index in [9.17, 15) is 8.76 Å². The van der Waals surface area contributed by atoms with Crippen LogP contribution in [0.1, 0.15) is 33.1 Å². The normalized spacial score (nSPS) is 19.2. The summed E-state index contributed by atoms with van der Waals surface area (Å²) in [5, 5.41) is 8.43. The molecule has 1 N–H and O–H groups in total. The lowest BCUT2D eigenvalue weighted by atomic mass is 9.93. The fourth-order valence-corrected chi connectivity index (χ4v) is 2.63. The molecule has 0 fully saturated rings. The van der Waals surface area contributed by atoms with Crippen molar-refractivity contribution in [2.24, 2.45) is 11.8 Å². The van der Waals surface area contributed by atoms with E-state index in [1.165, 1.54) is 0 Å². The van der Waals surface area contributed by atoms with Crippen LogP contribution in [0.3, 0.4) is 0 Å². The van der Waals surface area contributed by atoms with Gasteiger partial charge in [0.15, 0.2) is 0 Å². The van der Waals surface area contributed by atoms with Crippen molar-refractivity contribution in [2.45, 2.75) is 38.4 Å². The first-order chi connectivity index (χ1) is 7.02. The highest BCUT2D eigenvalue weighted by atomic mass is 32.2. The summed E-state index contributed by atoms with van der Waals surface area (Å²) in [7, 11) is 0. The van der Waals surface area contributed by atoms with Crippen molar-refractivity contribution in [1.29, 1.82) is 0 Å². The second-order valence-electron chi connectivity index (χ2n) is 4.15. The van der Waals surface area contributed by atoms with Gasteiger partial charge in [-0.2, -0.15) is 0 Å². The van der Waals surface area contributed by atoms with Crippen LogP contribution in [0, 0.1) is 11.8 Å². The van der Waals surface area contributed by atoms with E-state index in [0.29, 0.717) is 19.3 Å². The molecule has 0 aromatic carbocycles. The molecule has 0 saturated carbocycles. The third kappa shape index (κ3) is 6.07. The average molecular weight is 233 g/mol. The largest absolute Gasteiger partial charge is 0.772 e. The Morgan fingerprint density at radius 2 is 2.13 bits per heavy atom. The van der Waals surface area contributed by atoms with Crippen molar-refractivity contribution < 1.29 is 13.9 Å². The topological polar surface area (TPSA) is 60.4 Å². The summed E-state index contributed by atoms with van der Waals surface area (Å²) in [5.41, 5.74) is 0. The summed E-state index contributed by atoms with van der Waals surface area (Å²) in [6.07, 6.45) is 3.74. The summed E-state index contributed by atoms with van der Waals surface area (Å²) >= 11 is -2.04. The number of aliphatic hydroxyl groups is 1. The molecule has 0 spiro atoms. The van der Waals surface area contributed by atoms with E-state index in [1.807, 2.05) is 13.8 Å². The molecule has 0 heterocycles. The second kappa shape index (κ2) is 8.02. The molecule has 4 heteroatoms. The standard InChI is InChI=1S/C11H22O3S/c1-4-5-10(3)11(15(13)14)8-9(2)6-7-12/h4,9-12H,1,5-8H2,2-3H3,(H,13,14)/p-1/t9-,10+,11+/m0/s1. The molecule has 0 saturated heterocycles. The van der Waals surface area contributed by atoms with Gasteiger partial charge >= 0.3 is 0 Å². The van der Waals surface area contributed by atoms with Crippen molar-refractivity contribution in [3.8, 4) is 0 Å². The molecular weight excluding hydrogens is 212 g/mol. The molecule has 90 valence electrons. The SMILES string of the molecule is C=CC[C@@H](C)[C@@H](C[C@@H](C)CCO)S(=O)[O-]. The Balaban J connectivity index is 4.26. The number of rotatable bonds is 8. The van der Waals surface area contributed by atoms with Crippen molar-refractivity contribution in [3.63, 3.8) is 0 Å². The van der Waals surface area contributed by atoms with Crippen LogP contribution < -0.4 is 0 Å². The van der Waals surface area contributed by atoms with Gasteiger partial charge in [0.25, 0.3) is 0 Å². The van der Waals surface area contributed by atoms with Crippen LogP contribution in [0.25, 0.3) is 0 Å². The van der Waals surface area contributed by atoms with Crippen molar-refractivity contribution in [3.05, 3.63) is 12.7 Å². The van der Waals surface area contributed by atoms with Gasteiger partial charge in [0.2, 0.25) is 0 Å². The first-order valence-electron chi connectivity index (χ1n) is 5.32. The van der Waals surface area contributed by atoms with Crippen LogP contribution in [0.2, 0.25) is 0 Å². The Labute approximate surface area is 94.9 Å². The summed E-state index contributed by atoms with van der Waals surface area (Å²) in [5.74, 6) is 0.340. The monoisotopic (exact) mass is 233 g/mol. The lowest BCUT2D eigenvalue weighted by Gasteiger charge is -2.27. The minimum Gasteiger partial charge on any atom is -0.772 e. The Kier molecular flexibility index (Phi) is 7.92. The fourth-order valence-electron chi connectivity index (χ4n) is 1.65. The van der Waals surface area contributed by atoms with Crippen LogP contribution >= 0.6 is 0 Å². The van der Waals surface area contributed by atoms with Gasteiger partial charge in [0.1, 0.15) is 0 Å². The molecule has 0 rings (SSSR count). The molecule has 1 unspecified atom stereocenters. The van der Waals surface area contributed by atoms with E-state index in [-0.39, 0.29) is 23.7 Å². The van der Waals surface area contributed by atoms with Gasteiger partial charge in [-0.25, -0.2) is 0 Å². The third-order valence-corrected chi connectivity index (χ3v) is 3.83. The van der Waals surface area contributed by atoms with Crippen LogP contribution in [0.15, 0.2) is 12.7 Å². The predicted molar refractivity (Wildman–Crippen MR) is 62.2 cm³/mol. The molecule has 15 heavy (non-hydrogen) atoms. The molecule has 0 aromatic rings. The Bertz CT molecular complexity index is 206. The van der Waals surface area contributed by atoms with Gasteiger partial charge in [-0.15, -0.1) is 6.58 Å². The molecule has 0 aliphatic heterocycles.